The van der Waals surface area contributed by atoms with Crippen LogP contribution in [0.1, 0.15) is 22.8 Å². The lowest BCUT2D eigenvalue weighted by atomic mass is 10.1. The van der Waals surface area contributed by atoms with Gasteiger partial charge in [0.1, 0.15) is 11.5 Å². The standard InChI is InChI=1S/C15H18N2O2/c1-10-5-7-14(18-3)12(16-10)9-13-15(19-4)8-6-11(2)17-13/h5-8H,9H2,1-4H3. The second-order valence-corrected chi connectivity index (χ2v) is 4.38. The van der Waals surface area contributed by atoms with E-state index in [1.54, 1.807) is 14.2 Å². The van der Waals surface area contributed by atoms with Crippen molar-refractivity contribution in [3.8, 4) is 11.5 Å². The van der Waals surface area contributed by atoms with Gasteiger partial charge in [-0.2, -0.15) is 0 Å². The number of methoxy groups -OCH3 is 2. The van der Waals surface area contributed by atoms with Crippen molar-refractivity contribution in [3.63, 3.8) is 0 Å². The molecule has 0 atom stereocenters. The molecule has 0 fully saturated rings. The first kappa shape index (κ1) is 13.3. The average molecular weight is 258 g/mol. The Labute approximate surface area is 113 Å². The molecule has 4 heteroatoms. The summed E-state index contributed by atoms with van der Waals surface area (Å²) < 4.78 is 10.7. The third-order valence-electron chi connectivity index (χ3n) is 2.92. The highest BCUT2D eigenvalue weighted by Crippen LogP contribution is 2.24. The fraction of sp³-hybridized carbons (Fsp3) is 0.333. The molecule has 0 saturated carbocycles. The van der Waals surface area contributed by atoms with Crippen LogP contribution in [0, 0.1) is 13.8 Å². The van der Waals surface area contributed by atoms with Gasteiger partial charge in [-0.25, -0.2) is 0 Å². The average Bonchev–Trinajstić information content (AvgIpc) is 2.39. The molecule has 0 spiro atoms. The first-order chi connectivity index (χ1) is 9.13. The molecule has 2 heterocycles. The van der Waals surface area contributed by atoms with E-state index in [1.807, 2.05) is 38.1 Å². The van der Waals surface area contributed by atoms with E-state index < -0.39 is 0 Å². The van der Waals surface area contributed by atoms with E-state index in [9.17, 15) is 0 Å². The van der Waals surface area contributed by atoms with Gasteiger partial charge in [-0.1, -0.05) is 0 Å². The monoisotopic (exact) mass is 258 g/mol. The highest BCUT2D eigenvalue weighted by atomic mass is 16.5. The van der Waals surface area contributed by atoms with Crippen LogP contribution >= 0.6 is 0 Å². The normalized spacial score (nSPS) is 10.3. The SMILES string of the molecule is COc1ccc(C)nc1Cc1nc(C)ccc1OC. The fourth-order valence-electron chi connectivity index (χ4n) is 1.98. The smallest absolute Gasteiger partial charge is 0.140 e. The van der Waals surface area contributed by atoms with Crippen molar-refractivity contribution >= 4 is 0 Å². The second-order valence-electron chi connectivity index (χ2n) is 4.38. The largest absolute Gasteiger partial charge is 0.495 e. The first-order valence-electron chi connectivity index (χ1n) is 6.15. The first-order valence-corrected chi connectivity index (χ1v) is 6.15. The van der Waals surface area contributed by atoms with Crippen LogP contribution in [0.3, 0.4) is 0 Å². The molecular weight excluding hydrogens is 240 g/mol. The van der Waals surface area contributed by atoms with Crippen molar-refractivity contribution in [2.45, 2.75) is 20.3 Å². The predicted molar refractivity (Wildman–Crippen MR) is 73.9 cm³/mol. The van der Waals surface area contributed by atoms with Crippen molar-refractivity contribution in [2.75, 3.05) is 14.2 Å². The van der Waals surface area contributed by atoms with Crippen molar-refractivity contribution in [1.29, 1.82) is 0 Å². The van der Waals surface area contributed by atoms with Gasteiger partial charge in [0, 0.05) is 17.8 Å². The summed E-state index contributed by atoms with van der Waals surface area (Å²) in [6, 6.07) is 7.73. The molecule has 0 aliphatic heterocycles. The van der Waals surface area contributed by atoms with Gasteiger partial charge in [-0.05, 0) is 38.1 Å². The summed E-state index contributed by atoms with van der Waals surface area (Å²) in [4.78, 5) is 9.05. The Balaban J connectivity index is 2.40. The number of hydrogen-bond donors (Lipinski definition) is 0. The number of hydrogen-bond acceptors (Lipinski definition) is 4. The molecule has 19 heavy (non-hydrogen) atoms. The van der Waals surface area contributed by atoms with Crippen molar-refractivity contribution in [3.05, 3.63) is 47.0 Å². The van der Waals surface area contributed by atoms with E-state index in [4.69, 9.17) is 9.47 Å². The number of ether oxygens (including phenoxy) is 2. The number of pyridine rings is 2. The van der Waals surface area contributed by atoms with Crippen LogP contribution in [0.5, 0.6) is 11.5 Å². The molecule has 0 amide bonds. The van der Waals surface area contributed by atoms with E-state index in [-0.39, 0.29) is 0 Å². The molecular formula is C15H18N2O2. The minimum absolute atomic E-state index is 0.593. The van der Waals surface area contributed by atoms with Gasteiger partial charge in [0.15, 0.2) is 0 Å². The maximum atomic E-state index is 5.35. The summed E-state index contributed by atoms with van der Waals surface area (Å²) in [6.45, 7) is 3.92. The van der Waals surface area contributed by atoms with Gasteiger partial charge in [0.25, 0.3) is 0 Å². The van der Waals surface area contributed by atoms with Crippen LogP contribution in [0.2, 0.25) is 0 Å². The predicted octanol–water partition coefficient (Wildman–Crippen LogP) is 2.70. The quantitative estimate of drug-likeness (QED) is 0.845. The minimum atomic E-state index is 0.593. The van der Waals surface area contributed by atoms with Gasteiger partial charge in [-0.15, -0.1) is 0 Å². The summed E-state index contributed by atoms with van der Waals surface area (Å²) >= 11 is 0. The van der Waals surface area contributed by atoms with E-state index in [0.29, 0.717) is 6.42 Å². The number of rotatable bonds is 4. The van der Waals surface area contributed by atoms with Gasteiger partial charge < -0.3 is 9.47 Å². The van der Waals surface area contributed by atoms with Crippen LogP contribution < -0.4 is 9.47 Å². The zero-order valence-electron chi connectivity index (χ0n) is 11.7. The summed E-state index contributed by atoms with van der Waals surface area (Å²) in [5, 5.41) is 0. The molecule has 100 valence electrons. The highest BCUT2D eigenvalue weighted by molar-refractivity contribution is 5.37. The van der Waals surface area contributed by atoms with E-state index in [0.717, 1.165) is 34.3 Å². The van der Waals surface area contributed by atoms with Crippen LogP contribution in [-0.2, 0) is 6.42 Å². The Hall–Kier alpha value is -2.10. The molecule has 2 aromatic heterocycles. The summed E-state index contributed by atoms with van der Waals surface area (Å²) in [7, 11) is 3.30. The lowest BCUT2D eigenvalue weighted by Crippen LogP contribution is -2.03. The maximum absolute atomic E-state index is 5.35. The van der Waals surface area contributed by atoms with Gasteiger partial charge in [-0.3, -0.25) is 9.97 Å². The maximum Gasteiger partial charge on any atom is 0.140 e. The zero-order valence-corrected chi connectivity index (χ0v) is 11.7. The molecule has 0 aliphatic rings. The molecule has 0 radical (unpaired) electrons. The molecule has 0 saturated heterocycles. The van der Waals surface area contributed by atoms with Crippen molar-refractivity contribution in [2.24, 2.45) is 0 Å². The van der Waals surface area contributed by atoms with Gasteiger partial charge >= 0.3 is 0 Å². The highest BCUT2D eigenvalue weighted by Gasteiger charge is 2.11. The Kier molecular flexibility index (Phi) is 4.00. The third kappa shape index (κ3) is 3.02. The molecule has 4 nitrogen and oxygen atoms in total. The zero-order chi connectivity index (χ0) is 13.8. The van der Waals surface area contributed by atoms with E-state index in [1.165, 1.54) is 0 Å². The van der Waals surface area contributed by atoms with Crippen LogP contribution in [0.25, 0.3) is 0 Å². The van der Waals surface area contributed by atoms with Crippen molar-refractivity contribution in [1.82, 2.24) is 9.97 Å². The Bertz CT molecular complexity index is 531. The topological polar surface area (TPSA) is 44.2 Å². The molecule has 0 N–H and O–H groups in total. The van der Waals surface area contributed by atoms with Crippen molar-refractivity contribution < 1.29 is 9.47 Å². The summed E-state index contributed by atoms with van der Waals surface area (Å²) in [5.74, 6) is 1.55. The third-order valence-corrected chi connectivity index (χ3v) is 2.92. The number of nitrogens with zero attached hydrogens (tertiary/aromatic N) is 2. The molecule has 0 unspecified atom stereocenters. The van der Waals surface area contributed by atoms with Crippen LogP contribution in [0.4, 0.5) is 0 Å². The molecule has 0 aliphatic carbocycles. The lowest BCUT2D eigenvalue weighted by Gasteiger charge is -2.11. The fourth-order valence-corrected chi connectivity index (χ4v) is 1.98. The Morgan fingerprint density at radius 3 is 1.58 bits per heavy atom. The van der Waals surface area contributed by atoms with E-state index in [2.05, 4.69) is 9.97 Å². The van der Waals surface area contributed by atoms with Gasteiger partial charge in [0.05, 0.1) is 25.6 Å². The van der Waals surface area contributed by atoms with Crippen LogP contribution in [-0.4, -0.2) is 24.2 Å². The number of aryl methyl sites for hydroxylation is 2. The Morgan fingerprint density at radius 1 is 0.789 bits per heavy atom. The summed E-state index contributed by atoms with van der Waals surface area (Å²) in [5.41, 5.74) is 3.67. The van der Waals surface area contributed by atoms with E-state index >= 15 is 0 Å². The van der Waals surface area contributed by atoms with Gasteiger partial charge in [0.2, 0.25) is 0 Å². The Morgan fingerprint density at radius 2 is 1.21 bits per heavy atom. The summed E-state index contributed by atoms with van der Waals surface area (Å²) in [6.07, 6.45) is 0.593. The molecule has 2 aromatic rings. The number of aromatic nitrogens is 2. The van der Waals surface area contributed by atoms with Crippen LogP contribution in [0.15, 0.2) is 24.3 Å². The minimum Gasteiger partial charge on any atom is -0.495 e. The molecule has 2 rings (SSSR count). The second kappa shape index (κ2) is 5.69. The molecule has 0 aromatic carbocycles. The lowest BCUT2D eigenvalue weighted by molar-refractivity contribution is 0.401. The molecule has 0 bridgehead atoms.